The van der Waals surface area contributed by atoms with Crippen LogP contribution in [0.5, 0.6) is 0 Å². The molecule has 0 saturated heterocycles. The molecule has 0 N–H and O–H groups in total. The highest BCUT2D eigenvalue weighted by Crippen LogP contribution is 2.31. The van der Waals surface area contributed by atoms with E-state index in [2.05, 4.69) is 11.3 Å². The number of esters is 1. The van der Waals surface area contributed by atoms with Crippen molar-refractivity contribution in [3.05, 3.63) is 48.0 Å². The van der Waals surface area contributed by atoms with Crippen molar-refractivity contribution < 1.29 is 9.53 Å². The van der Waals surface area contributed by atoms with Crippen LogP contribution in [0, 0.1) is 28.6 Å². The maximum absolute atomic E-state index is 11.5. The fourth-order valence-corrected chi connectivity index (χ4v) is 1.69. The van der Waals surface area contributed by atoms with E-state index < -0.39 is 17.8 Å². The molecule has 1 unspecified atom stereocenters. The summed E-state index contributed by atoms with van der Waals surface area (Å²) in [7, 11) is 1.24. The van der Waals surface area contributed by atoms with E-state index in [1.165, 1.54) is 7.11 Å². The third kappa shape index (κ3) is 2.75. The molecule has 0 amide bonds. The number of nitriles is 2. The zero-order valence-electron chi connectivity index (χ0n) is 9.96. The van der Waals surface area contributed by atoms with Gasteiger partial charge in [0, 0.05) is 11.5 Å². The lowest BCUT2D eigenvalue weighted by atomic mass is 9.82. The first kappa shape index (κ1) is 13.5. The van der Waals surface area contributed by atoms with E-state index in [-0.39, 0.29) is 5.57 Å². The first-order chi connectivity index (χ1) is 8.65. The van der Waals surface area contributed by atoms with E-state index in [0.29, 0.717) is 5.56 Å². The van der Waals surface area contributed by atoms with E-state index in [1.807, 2.05) is 18.2 Å². The second-order valence-electron chi connectivity index (χ2n) is 3.64. The van der Waals surface area contributed by atoms with Gasteiger partial charge in [-0.05, 0) is 5.56 Å². The number of carbonyl (C=O) groups excluding carboxylic acids is 1. The molecule has 0 spiro atoms. The van der Waals surface area contributed by atoms with Gasteiger partial charge in [0.25, 0.3) is 0 Å². The lowest BCUT2D eigenvalue weighted by Gasteiger charge is -2.18. The minimum atomic E-state index is -0.973. The highest BCUT2D eigenvalue weighted by atomic mass is 16.5. The minimum absolute atomic E-state index is 0.108. The van der Waals surface area contributed by atoms with E-state index in [9.17, 15) is 4.79 Å². The third-order valence-corrected chi connectivity index (χ3v) is 2.59. The van der Waals surface area contributed by atoms with E-state index >= 15 is 0 Å². The normalized spacial score (nSPS) is 11.1. The highest BCUT2D eigenvalue weighted by Gasteiger charge is 2.29. The summed E-state index contributed by atoms with van der Waals surface area (Å²) in [4.78, 5) is 11.5. The lowest BCUT2D eigenvalue weighted by molar-refractivity contribution is -0.136. The van der Waals surface area contributed by atoms with Gasteiger partial charge in [-0.25, -0.2) is 4.79 Å². The highest BCUT2D eigenvalue weighted by molar-refractivity contribution is 5.89. The van der Waals surface area contributed by atoms with Crippen LogP contribution in [-0.2, 0) is 9.53 Å². The Hall–Kier alpha value is -2.59. The van der Waals surface area contributed by atoms with Gasteiger partial charge >= 0.3 is 5.97 Å². The topological polar surface area (TPSA) is 73.9 Å². The number of hydrogen-bond acceptors (Lipinski definition) is 4. The zero-order valence-corrected chi connectivity index (χ0v) is 9.96. The number of methoxy groups -OCH3 is 1. The predicted molar refractivity (Wildman–Crippen MR) is 65.1 cm³/mol. The molecule has 90 valence electrons. The Bertz CT molecular complexity index is 509. The van der Waals surface area contributed by atoms with Crippen LogP contribution in [0.15, 0.2) is 42.5 Å². The van der Waals surface area contributed by atoms with Crippen molar-refractivity contribution in [2.75, 3.05) is 7.11 Å². The van der Waals surface area contributed by atoms with Gasteiger partial charge in [0.05, 0.1) is 19.2 Å². The summed E-state index contributed by atoms with van der Waals surface area (Å²) in [6, 6.07) is 12.6. The summed E-state index contributed by atoms with van der Waals surface area (Å²) in [5.74, 6) is -2.26. The first-order valence-corrected chi connectivity index (χ1v) is 5.27. The Kier molecular flexibility index (Phi) is 4.66. The molecule has 4 nitrogen and oxygen atoms in total. The van der Waals surface area contributed by atoms with Gasteiger partial charge < -0.3 is 4.74 Å². The Morgan fingerprint density at radius 3 is 2.28 bits per heavy atom. The van der Waals surface area contributed by atoms with Crippen LogP contribution in [-0.4, -0.2) is 13.1 Å². The minimum Gasteiger partial charge on any atom is -0.466 e. The van der Waals surface area contributed by atoms with Crippen molar-refractivity contribution in [1.29, 1.82) is 10.5 Å². The van der Waals surface area contributed by atoms with E-state index in [4.69, 9.17) is 10.5 Å². The van der Waals surface area contributed by atoms with Gasteiger partial charge in [-0.1, -0.05) is 36.9 Å². The lowest BCUT2D eigenvalue weighted by Crippen LogP contribution is -2.18. The van der Waals surface area contributed by atoms with E-state index in [0.717, 1.165) is 0 Å². The largest absolute Gasteiger partial charge is 0.466 e. The monoisotopic (exact) mass is 240 g/mol. The summed E-state index contributed by atoms with van der Waals surface area (Å²) in [5.41, 5.74) is 0.804. The summed E-state index contributed by atoms with van der Waals surface area (Å²) < 4.78 is 4.60. The molecule has 1 aromatic carbocycles. The average Bonchev–Trinajstić information content (AvgIpc) is 2.43. The fourth-order valence-electron chi connectivity index (χ4n) is 1.69. The van der Waals surface area contributed by atoms with Crippen molar-refractivity contribution in [2.45, 2.75) is 5.92 Å². The third-order valence-electron chi connectivity index (χ3n) is 2.59. The number of nitrogens with zero attached hydrogens (tertiary/aromatic N) is 2. The summed E-state index contributed by atoms with van der Waals surface area (Å²) in [6.07, 6.45) is 0. The smallest absolute Gasteiger partial charge is 0.333 e. The zero-order chi connectivity index (χ0) is 13.5. The van der Waals surface area contributed by atoms with Crippen molar-refractivity contribution in [3.63, 3.8) is 0 Å². The molecule has 0 fully saturated rings. The van der Waals surface area contributed by atoms with Crippen LogP contribution >= 0.6 is 0 Å². The van der Waals surface area contributed by atoms with Crippen LogP contribution in [0.2, 0.25) is 0 Å². The standard InChI is InChI=1S/C14H12N2O2/c1-10(14(17)18-2)13(12(8-15)9-16)11-6-4-3-5-7-11/h3-7,12-13H,1H2,2H3. The van der Waals surface area contributed by atoms with Crippen molar-refractivity contribution in [3.8, 4) is 12.1 Å². The van der Waals surface area contributed by atoms with Gasteiger partial charge in [-0.2, -0.15) is 10.5 Å². The number of benzene rings is 1. The molecular weight excluding hydrogens is 228 g/mol. The second kappa shape index (κ2) is 6.22. The maximum Gasteiger partial charge on any atom is 0.333 e. The van der Waals surface area contributed by atoms with Crippen molar-refractivity contribution in [2.24, 2.45) is 5.92 Å². The van der Waals surface area contributed by atoms with Crippen molar-refractivity contribution in [1.82, 2.24) is 0 Å². The maximum atomic E-state index is 11.5. The first-order valence-electron chi connectivity index (χ1n) is 5.27. The number of carbonyl (C=O) groups is 1. The Labute approximate surface area is 106 Å². The number of rotatable bonds is 4. The van der Waals surface area contributed by atoms with Gasteiger partial charge in [0.15, 0.2) is 0 Å². The molecule has 4 heteroatoms. The quantitative estimate of drug-likeness (QED) is 0.597. The SMILES string of the molecule is C=C(C(=O)OC)C(c1ccccc1)C(C#N)C#N. The van der Waals surface area contributed by atoms with Crippen LogP contribution < -0.4 is 0 Å². The van der Waals surface area contributed by atoms with E-state index in [1.54, 1.807) is 24.3 Å². The van der Waals surface area contributed by atoms with Gasteiger partial charge in [-0.3, -0.25) is 0 Å². The second-order valence-corrected chi connectivity index (χ2v) is 3.64. The summed E-state index contributed by atoms with van der Waals surface area (Å²) >= 11 is 0. The molecule has 0 aliphatic carbocycles. The molecule has 0 radical (unpaired) electrons. The molecule has 0 saturated carbocycles. The average molecular weight is 240 g/mol. The van der Waals surface area contributed by atoms with Crippen LogP contribution in [0.1, 0.15) is 11.5 Å². The summed E-state index contributed by atoms with van der Waals surface area (Å²) in [6.45, 7) is 3.64. The molecule has 0 aromatic heterocycles. The fraction of sp³-hybridized carbons (Fsp3) is 0.214. The Morgan fingerprint density at radius 1 is 1.28 bits per heavy atom. The van der Waals surface area contributed by atoms with Crippen LogP contribution in [0.25, 0.3) is 0 Å². The Balaban J connectivity index is 3.21. The molecule has 1 atom stereocenters. The number of hydrogen-bond donors (Lipinski definition) is 0. The predicted octanol–water partition coefficient (Wildman–Crippen LogP) is 2.16. The van der Waals surface area contributed by atoms with Crippen molar-refractivity contribution >= 4 is 5.97 Å². The molecule has 1 rings (SSSR count). The van der Waals surface area contributed by atoms with Gasteiger partial charge in [0.1, 0.15) is 5.92 Å². The molecule has 1 aromatic rings. The van der Waals surface area contributed by atoms with Gasteiger partial charge in [0.2, 0.25) is 0 Å². The number of ether oxygens (including phenoxy) is 1. The van der Waals surface area contributed by atoms with Gasteiger partial charge in [-0.15, -0.1) is 0 Å². The Morgan fingerprint density at radius 2 is 1.83 bits per heavy atom. The molecule has 0 aliphatic heterocycles. The summed E-state index contributed by atoms with van der Waals surface area (Å²) in [5, 5.41) is 18.0. The molecule has 18 heavy (non-hydrogen) atoms. The van der Waals surface area contributed by atoms with Crippen LogP contribution in [0.3, 0.4) is 0 Å². The molecular formula is C14H12N2O2. The molecule has 0 aliphatic rings. The molecule has 0 heterocycles. The molecule has 0 bridgehead atoms. The van der Waals surface area contributed by atoms with Crippen LogP contribution in [0.4, 0.5) is 0 Å².